The summed E-state index contributed by atoms with van der Waals surface area (Å²) in [4.78, 5) is 28.9. The van der Waals surface area contributed by atoms with Crippen LogP contribution < -0.4 is 21.8 Å². The molecular weight excluding hydrogens is 438 g/mol. The molecule has 1 amide bonds. The second-order valence-electron chi connectivity index (χ2n) is 8.01. The standard InChI is InChI=1S/C16H22N4O3.C8H9NO2/c1-23-14-4-2-11-3-5-15(22)20(16(11)18-14)7-6-19-9-12(8-17)13(21)10-19;9-8(10)11-6-7-4-2-1-3-5-7/h2-5,12-13,21H,6-10,17H2,1H3;1-5H,6H2,(H2,9,10)/t12-,13+;/m0./s1. The first kappa shape index (κ1) is 25.2. The molecule has 34 heavy (non-hydrogen) atoms. The number of β-amino-alcohol motifs (C(OH)–C–C–N with tert-alkyl or cyclic N) is 1. The third-order valence-corrected chi connectivity index (χ3v) is 5.66. The number of carbonyl (C=O) groups excluding carboxylic acids is 1. The van der Waals surface area contributed by atoms with Gasteiger partial charge >= 0.3 is 6.09 Å². The molecule has 0 bridgehead atoms. The van der Waals surface area contributed by atoms with Gasteiger partial charge in [-0.2, -0.15) is 4.98 Å². The molecule has 1 fully saturated rings. The Hall–Kier alpha value is -3.47. The Bertz CT molecular complexity index is 1140. The highest BCUT2D eigenvalue weighted by Crippen LogP contribution is 2.17. The van der Waals surface area contributed by atoms with Gasteiger partial charge in [-0.15, -0.1) is 0 Å². The lowest BCUT2D eigenvalue weighted by Gasteiger charge is -2.17. The van der Waals surface area contributed by atoms with Gasteiger partial charge in [0.15, 0.2) is 0 Å². The van der Waals surface area contributed by atoms with E-state index in [0.717, 1.165) is 17.5 Å². The van der Waals surface area contributed by atoms with E-state index in [9.17, 15) is 14.7 Å². The summed E-state index contributed by atoms with van der Waals surface area (Å²) < 4.78 is 11.4. The summed E-state index contributed by atoms with van der Waals surface area (Å²) in [6, 6.07) is 16.4. The van der Waals surface area contributed by atoms with E-state index in [4.69, 9.17) is 16.2 Å². The molecule has 0 spiro atoms. The zero-order chi connectivity index (χ0) is 24.5. The number of rotatable bonds is 7. The molecule has 1 aliphatic rings. The summed E-state index contributed by atoms with van der Waals surface area (Å²) >= 11 is 0. The number of nitrogens with zero attached hydrogens (tertiary/aromatic N) is 3. The Labute approximate surface area is 197 Å². The average Bonchev–Trinajstić information content (AvgIpc) is 3.22. The summed E-state index contributed by atoms with van der Waals surface area (Å²) in [7, 11) is 1.55. The highest BCUT2D eigenvalue weighted by atomic mass is 16.5. The van der Waals surface area contributed by atoms with Crippen molar-refractivity contribution in [2.75, 3.05) is 33.3 Å². The number of hydrogen-bond acceptors (Lipinski definition) is 8. The van der Waals surface area contributed by atoms with Crippen LogP contribution in [-0.2, 0) is 17.9 Å². The summed E-state index contributed by atoms with van der Waals surface area (Å²) in [5, 5.41) is 10.8. The molecule has 0 radical (unpaired) electrons. The Morgan fingerprint density at radius 3 is 2.50 bits per heavy atom. The minimum absolute atomic E-state index is 0.0895. The number of ether oxygens (including phenoxy) is 2. The predicted octanol–water partition coefficient (Wildman–Crippen LogP) is 0.938. The number of primary amides is 1. The molecule has 0 saturated carbocycles. The van der Waals surface area contributed by atoms with Crippen LogP contribution in [0.15, 0.2) is 59.4 Å². The van der Waals surface area contributed by atoms with Crippen molar-refractivity contribution in [1.29, 1.82) is 0 Å². The lowest BCUT2D eigenvalue weighted by atomic mass is 10.1. The second kappa shape index (κ2) is 12.1. The minimum Gasteiger partial charge on any atom is -0.481 e. The maximum absolute atomic E-state index is 12.2. The van der Waals surface area contributed by atoms with Crippen molar-refractivity contribution in [3.05, 3.63) is 70.5 Å². The number of amides is 1. The van der Waals surface area contributed by atoms with Gasteiger partial charge in [0.2, 0.25) is 5.88 Å². The number of methoxy groups -OCH3 is 1. The number of aromatic nitrogens is 2. The topological polar surface area (TPSA) is 146 Å². The number of likely N-dealkylation sites (tertiary alicyclic amines) is 1. The number of fused-ring (bicyclic) bond motifs is 1. The SMILES string of the molecule is COc1ccc2ccc(=O)n(CCN3C[C@H](CN)[C@H](O)C3)c2n1.NC(=O)OCc1ccccc1. The Morgan fingerprint density at radius 2 is 1.85 bits per heavy atom. The van der Waals surface area contributed by atoms with Gasteiger partial charge in [0, 0.05) is 49.6 Å². The first-order chi connectivity index (χ1) is 16.4. The van der Waals surface area contributed by atoms with Gasteiger partial charge in [-0.3, -0.25) is 14.3 Å². The molecule has 182 valence electrons. The van der Waals surface area contributed by atoms with Crippen LogP contribution in [0.1, 0.15) is 5.56 Å². The number of aliphatic hydroxyl groups is 1. The van der Waals surface area contributed by atoms with Crippen LogP contribution in [0, 0.1) is 5.92 Å². The molecule has 5 N–H and O–H groups in total. The Morgan fingerprint density at radius 1 is 1.12 bits per heavy atom. The van der Waals surface area contributed by atoms with Crippen LogP contribution >= 0.6 is 0 Å². The van der Waals surface area contributed by atoms with Crippen LogP contribution in [-0.4, -0.2) is 65.0 Å². The molecule has 0 aliphatic carbocycles. The van der Waals surface area contributed by atoms with Crippen molar-refractivity contribution >= 4 is 17.1 Å². The number of nitrogens with two attached hydrogens (primary N) is 2. The number of aliphatic hydroxyl groups excluding tert-OH is 1. The molecule has 4 rings (SSSR count). The molecule has 0 unspecified atom stereocenters. The highest BCUT2D eigenvalue weighted by Gasteiger charge is 2.29. The largest absolute Gasteiger partial charge is 0.481 e. The highest BCUT2D eigenvalue weighted by molar-refractivity contribution is 5.75. The molecule has 2 aromatic heterocycles. The van der Waals surface area contributed by atoms with E-state index >= 15 is 0 Å². The maximum atomic E-state index is 12.2. The molecule has 3 heterocycles. The number of pyridine rings is 2. The van der Waals surface area contributed by atoms with E-state index in [1.165, 1.54) is 0 Å². The molecular formula is C24H31N5O5. The van der Waals surface area contributed by atoms with Gasteiger partial charge < -0.3 is 26.0 Å². The Kier molecular flexibility index (Phi) is 8.97. The van der Waals surface area contributed by atoms with E-state index < -0.39 is 6.09 Å². The maximum Gasteiger partial charge on any atom is 0.404 e. The monoisotopic (exact) mass is 469 g/mol. The molecule has 10 nitrogen and oxygen atoms in total. The molecule has 1 aliphatic heterocycles. The number of hydrogen-bond donors (Lipinski definition) is 3. The van der Waals surface area contributed by atoms with Gasteiger partial charge in [0.05, 0.1) is 13.2 Å². The van der Waals surface area contributed by atoms with Crippen LogP contribution in [0.4, 0.5) is 4.79 Å². The number of benzene rings is 1. The van der Waals surface area contributed by atoms with Gasteiger partial charge in [-0.1, -0.05) is 30.3 Å². The summed E-state index contributed by atoms with van der Waals surface area (Å²) in [5.41, 5.74) is 11.9. The first-order valence-corrected chi connectivity index (χ1v) is 11.0. The van der Waals surface area contributed by atoms with Crippen LogP contribution in [0.25, 0.3) is 11.0 Å². The molecule has 10 heteroatoms. The fourth-order valence-corrected chi connectivity index (χ4v) is 3.80. The van der Waals surface area contributed by atoms with Gasteiger partial charge in [0.1, 0.15) is 12.3 Å². The van der Waals surface area contributed by atoms with E-state index in [2.05, 4.69) is 14.6 Å². The van der Waals surface area contributed by atoms with Crippen molar-refractivity contribution < 1.29 is 19.4 Å². The van der Waals surface area contributed by atoms with E-state index in [0.29, 0.717) is 37.7 Å². The van der Waals surface area contributed by atoms with Crippen molar-refractivity contribution in [3.8, 4) is 5.88 Å². The Balaban J connectivity index is 0.000000248. The summed E-state index contributed by atoms with van der Waals surface area (Å²) in [5.74, 6) is 0.592. The predicted molar refractivity (Wildman–Crippen MR) is 128 cm³/mol. The fraction of sp³-hybridized carbons (Fsp3) is 0.375. The fourth-order valence-electron chi connectivity index (χ4n) is 3.80. The molecule has 1 aromatic carbocycles. The van der Waals surface area contributed by atoms with Gasteiger partial charge in [-0.05, 0) is 24.2 Å². The zero-order valence-electron chi connectivity index (χ0n) is 19.2. The van der Waals surface area contributed by atoms with E-state index in [-0.39, 0.29) is 24.2 Å². The lowest BCUT2D eigenvalue weighted by molar-refractivity contribution is 0.144. The third kappa shape index (κ3) is 6.77. The smallest absolute Gasteiger partial charge is 0.404 e. The average molecular weight is 470 g/mol. The van der Waals surface area contributed by atoms with Crippen LogP contribution in [0.3, 0.4) is 0 Å². The number of carbonyl (C=O) groups is 1. The molecule has 3 aromatic rings. The third-order valence-electron chi connectivity index (χ3n) is 5.66. The van der Waals surface area contributed by atoms with Crippen LogP contribution in [0.5, 0.6) is 5.88 Å². The first-order valence-electron chi connectivity index (χ1n) is 11.0. The zero-order valence-corrected chi connectivity index (χ0v) is 19.2. The van der Waals surface area contributed by atoms with E-state index in [1.54, 1.807) is 29.9 Å². The molecule has 2 atom stereocenters. The van der Waals surface area contributed by atoms with Gasteiger partial charge in [-0.25, -0.2) is 4.79 Å². The van der Waals surface area contributed by atoms with Crippen molar-refractivity contribution in [1.82, 2.24) is 14.5 Å². The lowest BCUT2D eigenvalue weighted by Crippen LogP contribution is -2.30. The summed E-state index contributed by atoms with van der Waals surface area (Å²) in [6.07, 6.45) is -1.13. The van der Waals surface area contributed by atoms with Crippen molar-refractivity contribution in [2.24, 2.45) is 17.4 Å². The van der Waals surface area contributed by atoms with E-state index in [1.807, 2.05) is 36.4 Å². The summed E-state index contributed by atoms with van der Waals surface area (Å²) in [6.45, 7) is 3.26. The minimum atomic E-state index is -0.742. The van der Waals surface area contributed by atoms with Crippen LogP contribution in [0.2, 0.25) is 0 Å². The van der Waals surface area contributed by atoms with Gasteiger partial charge in [0.25, 0.3) is 5.56 Å². The molecule has 1 saturated heterocycles. The van der Waals surface area contributed by atoms with Crippen molar-refractivity contribution in [3.63, 3.8) is 0 Å². The van der Waals surface area contributed by atoms with Crippen molar-refractivity contribution in [2.45, 2.75) is 19.3 Å². The quantitative estimate of drug-likeness (QED) is 0.463. The normalized spacial score (nSPS) is 17.7. The second-order valence-corrected chi connectivity index (χ2v) is 8.01.